The Bertz CT molecular complexity index is 327. The van der Waals surface area contributed by atoms with Gasteiger partial charge < -0.3 is 4.90 Å². The quantitative estimate of drug-likeness (QED) is 0.643. The van der Waals surface area contributed by atoms with Crippen LogP contribution in [0.2, 0.25) is 0 Å². The maximum atomic E-state index is 4.42. The van der Waals surface area contributed by atoms with Crippen molar-refractivity contribution in [2.75, 3.05) is 18.0 Å². The average molecular weight is 175 g/mol. The molecule has 3 nitrogen and oxygen atoms in total. The number of aryl methyl sites for hydroxylation is 1. The summed E-state index contributed by atoms with van der Waals surface area (Å²) in [5, 5.41) is 0. The van der Waals surface area contributed by atoms with Crippen molar-refractivity contribution in [1.82, 2.24) is 9.97 Å². The van der Waals surface area contributed by atoms with Crippen molar-refractivity contribution >= 4 is 5.95 Å². The molecule has 2 atom stereocenters. The van der Waals surface area contributed by atoms with Crippen molar-refractivity contribution in [3.8, 4) is 0 Å². The highest BCUT2D eigenvalue weighted by atomic mass is 15.3. The van der Waals surface area contributed by atoms with Gasteiger partial charge in [0.2, 0.25) is 5.95 Å². The summed E-state index contributed by atoms with van der Waals surface area (Å²) in [4.78, 5) is 11.0. The van der Waals surface area contributed by atoms with Crippen LogP contribution in [0.5, 0.6) is 0 Å². The molecule has 0 radical (unpaired) electrons. The highest BCUT2D eigenvalue weighted by molar-refractivity contribution is 5.34. The van der Waals surface area contributed by atoms with Gasteiger partial charge in [-0.3, -0.25) is 0 Å². The van der Waals surface area contributed by atoms with Crippen LogP contribution >= 0.6 is 0 Å². The summed E-state index contributed by atoms with van der Waals surface area (Å²) >= 11 is 0. The smallest absolute Gasteiger partial charge is 0.225 e. The number of nitrogens with zero attached hydrogens (tertiary/aromatic N) is 3. The molecule has 0 amide bonds. The maximum Gasteiger partial charge on any atom is 0.225 e. The first kappa shape index (κ1) is 7.30. The van der Waals surface area contributed by atoms with Crippen molar-refractivity contribution < 1.29 is 0 Å². The highest BCUT2D eigenvalue weighted by Gasteiger charge is 2.45. The number of aromatic nitrogens is 2. The molecule has 13 heavy (non-hydrogen) atoms. The third-order valence-electron chi connectivity index (χ3n) is 3.04. The van der Waals surface area contributed by atoms with Gasteiger partial charge in [0.15, 0.2) is 0 Å². The van der Waals surface area contributed by atoms with Gasteiger partial charge in [-0.1, -0.05) is 0 Å². The van der Waals surface area contributed by atoms with Crippen LogP contribution in [-0.4, -0.2) is 23.1 Å². The largest absolute Gasteiger partial charge is 0.340 e. The van der Waals surface area contributed by atoms with E-state index in [1.165, 1.54) is 19.5 Å². The molecule has 1 saturated heterocycles. The fourth-order valence-electron chi connectivity index (χ4n) is 2.15. The standard InChI is InChI=1S/C10H13N3/c1-7-2-3-11-10(12-7)13-5-8-4-9(8)6-13/h2-3,8-9H,4-6H2,1H3. The molecule has 3 heteroatoms. The predicted molar refractivity (Wildman–Crippen MR) is 50.6 cm³/mol. The van der Waals surface area contributed by atoms with Crippen LogP contribution in [0.1, 0.15) is 12.1 Å². The van der Waals surface area contributed by atoms with Crippen molar-refractivity contribution in [2.45, 2.75) is 13.3 Å². The first-order valence-corrected chi connectivity index (χ1v) is 4.87. The minimum atomic E-state index is 0.923. The summed E-state index contributed by atoms with van der Waals surface area (Å²) < 4.78 is 0. The molecule has 2 heterocycles. The van der Waals surface area contributed by atoms with Crippen LogP contribution in [0, 0.1) is 18.8 Å². The zero-order valence-corrected chi connectivity index (χ0v) is 7.77. The number of rotatable bonds is 1. The Hall–Kier alpha value is -1.12. The fourth-order valence-corrected chi connectivity index (χ4v) is 2.15. The van der Waals surface area contributed by atoms with E-state index in [-0.39, 0.29) is 0 Å². The van der Waals surface area contributed by atoms with Gasteiger partial charge in [-0.15, -0.1) is 0 Å². The van der Waals surface area contributed by atoms with Crippen molar-refractivity contribution in [3.63, 3.8) is 0 Å². The van der Waals surface area contributed by atoms with E-state index >= 15 is 0 Å². The summed E-state index contributed by atoms with van der Waals surface area (Å²) in [6.45, 7) is 4.37. The third-order valence-corrected chi connectivity index (χ3v) is 3.04. The van der Waals surface area contributed by atoms with Crippen LogP contribution < -0.4 is 4.90 Å². The van der Waals surface area contributed by atoms with E-state index in [9.17, 15) is 0 Å². The average Bonchev–Trinajstić information content (AvgIpc) is 2.74. The molecule has 2 fully saturated rings. The van der Waals surface area contributed by atoms with Gasteiger partial charge >= 0.3 is 0 Å². The zero-order valence-electron chi connectivity index (χ0n) is 7.77. The summed E-state index contributed by atoms with van der Waals surface area (Å²) in [6.07, 6.45) is 3.28. The first-order chi connectivity index (χ1) is 6.33. The first-order valence-electron chi connectivity index (χ1n) is 4.87. The fraction of sp³-hybridized carbons (Fsp3) is 0.600. The predicted octanol–water partition coefficient (Wildman–Crippen LogP) is 1.24. The van der Waals surface area contributed by atoms with Gasteiger partial charge in [0.1, 0.15) is 0 Å². The molecule has 1 saturated carbocycles. The minimum Gasteiger partial charge on any atom is -0.340 e. The van der Waals surface area contributed by atoms with Crippen LogP contribution in [0.15, 0.2) is 12.3 Å². The SMILES string of the molecule is Cc1ccnc(N2CC3CC3C2)n1. The van der Waals surface area contributed by atoms with E-state index in [0.717, 1.165) is 23.5 Å². The minimum absolute atomic E-state index is 0.923. The summed E-state index contributed by atoms with van der Waals surface area (Å²) in [5.41, 5.74) is 1.06. The van der Waals surface area contributed by atoms with Gasteiger partial charge in [0.25, 0.3) is 0 Å². The van der Waals surface area contributed by atoms with Crippen LogP contribution in [-0.2, 0) is 0 Å². The maximum absolute atomic E-state index is 4.42. The molecule has 1 aliphatic heterocycles. The van der Waals surface area contributed by atoms with Crippen molar-refractivity contribution in [1.29, 1.82) is 0 Å². The summed E-state index contributed by atoms with van der Waals surface area (Å²) in [7, 11) is 0. The molecule has 3 rings (SSSR count). The van der Waals surface area contributed by atoms with Gasteiger partial charge in [-0.05, 0) is 31.2 Å². The number of anilines is 1. The molecular weight excluding hydrogens is 162 g/mol. The van der Waals surface area contributed by atoms with E-state index in [1.54, 1.807) is 0 Å². The van der Waals surface area contributed by atoms with Gasteiger partial charge in [0, 0.05) is 25.0 Å². The molecule has 2 aliphatic rings. The van der Waals surface area contributed by atoms with Gasteiger partial charge in [-0.2, -0.15) is 0 Å². The van der Waals surface area contributed by atoms with E-state index in [4.69, 9.17) is 0 Å². The molecule has 1 aliphatic carbocycles. The Balaban J connectivity index is 1.84. The van der Waals surface area contributed by atoms with Crippen LogP contribution in [0.4, 0.5) is 5.95 Å². The van der Waals surface area contributed by atoms with Gasteiger partial charge in [0.05, 0.1) is 0 Å². The molecule has 0 spiro atoms. The van der Waals surface area contributed by atoms with Gasteiger partial charge in [-0.25, -0.2) is 9.97 Å². The Labute approximate surface area is 77.8 Å². The van der Waals surface area contributed by atoms with Crippen molar-refractivity contribution in [3.05, 3.63) is 18.0 Å². The molecule has 0 N–H and O–H groups in total. The van der Waals surface area contributed by atoms with Crippen LogP contribution in [0.3, 0.4) is 0 Å². The summed E-state index contributed by atoms with van der Waals surface area (Å²) in [6, 6.07) is 1.94. The Morgan fingerprint density at radius 2 is 2.15 bits per heavy atom. The monoisotopic (exact) mass is 175 g/mol. The Morgan fingerprint density at radius 1 is 1.38 bits per heavy atom. The Morgan fingerprint density at radius 3 is 2.85 bits per heavy atom. The second kappa shape index (κ2) is 2.44. The zero-order chi connectivity index (χ0) is 8.84. The lowest BCUT2D eigenvalue weighted by atomic mass is 10.4. The lowest BCUT2D eigenvalue weighted by molar-refractivity contribution is 0.784. The molecular formula is C10H13N3. The lowest BCUT2D eigenvalue weighted by Crippen LogP contribution is -2.24. The van der Waals surface area contributed by atoms with E-state index < -0.39 is 0 Å². The van der Waals surface area contributed by atoms with Crippen LogP contribution in [0.25, 0.3) is 0 Å². The molecule has 0 aromatic carbocycles. The normalized spacial score (nSPS) is 30.4. The molecule has 68 valence electrons. The number of hydrogen-bond donors (Lipinski definition) is 0. The number of piperidine rings is 1. The number of fused-ring (bicyclic) bond motifs is 1. The topological polar surface area (TPSA) is 29.0 Å². The second-order valence-corrected chi connectivity index (χ2v) is 4.16. The van der Waals surface area contributed by atoms with E-state index in [1.807, 2.05) is 19.2 Å². The molecule has 1 aromatic heterocycles. The second-order valence-electron chi connectivity index (χ2n) is 4.16. The van der Waals surface area contributed by atoms with E-state index in [2.05, 4.69) is 14.9 Å². The highest BCUT2D eigenvalue weighted by Crippen LogP contribution is 2.45. The number of hydrogen-bond acceptors (Lipinski definition) is 3. The van der Waals surface area contributed by atoms with Crippen molar-refractivity contribution in [2.24, 2.45) is 11.8 Å². The molecule has 0 bridgehead atoms. The molecule has 2 unspecified atom stereocenters. The lowest BCUT2D eigenvalue weighted by Gasteiger charge is -2.17. The summed E-state index contributed by atoms with van der Waals surface area (Å²) in [5.74, 6) is 2.82. The Kier molecular flexibility index (Phi) is 1.37. The molecule has 1 aromatic rings. The van der Waals surface area contributed by atoms with E-state index in [0.29, 0.717) is 0 Å². The third kappa shape index (κ3) is 1.19.